The number of hydrogen-bond donors (Lipinski definition) is 1. The summed E-state index contributed by atoms with van der Waals surface area (Å²) in [6.45, 7) is 6.00. The molecule has 0 radical (unpaired) electrons. The average Bonchev–Trinajstić information content (AvgIpc) is 3.44. The number of esters is 1. The van der Waals surface area contributed by atoms with Crippen LogP contribution in [0.3, 0.4) is 0 Å². The normalized spacial score (nSPS) is 29.8. The summed E-state index contributed by atoms with van der Waals surface area (Å²) in [5.41, 5.74) is -0.481. The van der Waals surface area contributed by atoms with Crippen LogP contribution < -0.4 is 4.90 Å². The van der Waals surface area contributed by atoms with Gasteiger partial charge in [-0.3, -0.25) is 14.4 Å². The number of aliphatic hydroxyl groups excluding tert-OH is 1. The van der Waals surface area contributed by atoms with Gasteiger partial charge >= 0.3 is 5.97 Å². The lowest BCUT2D eigenvalue weighted by molar-refractivity contribution is -0.154. The van der Waals surface area contributed by atoms with E-state index in [4.69, 9.17) is 21.1 Å². The molecule has 0 saturated carbocycles. The molecule has 8 nitrogen and oxygen atoms in total. The van der Waals surface area contributed by atoms with E-state index in [1.807, 2.05) is 0 Å². The molecule has 4 rings (SSSR count). The van der Waals surface area contributed by atoms with E-state index in [1.54, 1.807) is 42.2 Å². The SMILES string of the molecule is C=CCN(C(=O)C1N(CCCO)C(=O)[C@@H]2[C@H](C(=O)OCC)[C@@H]3CCC12O3)c1ccc(Cl)cc1. The average molecular weight is 477 g/mol. The zero-order valence-corrected chi connectivity index (χ0v) is 19.4. The predicted molar refractivity (Wildman–Crippen MR) is 122 cm³/mol. The monoisotopic (exact) mass is 476 g/mol. The second kappa shape index (κ2) is 9.44. The van der Waals surface area contributed by atoms with E-state index in [9.17, 15) is 19.5 Å². The van der Waals surface area contributed by atoms with Gasteiger partial charge in [0.15, 0.2) is 0 Å². The molecule has 2 unspecified atom stereocenters. The first kappa shape index (κ1) is 23.7. The molecule has 3 heterocycles. The van der Waals surface area contributed by atoms with Gasteiger partial charge in [-0.1, -0.05) is 17.7 Å². The smallest absolute Gasteiger partial charge is 0.312 e. The van der Waals surface area contributed by atoms with Crippen LogP contribution in [0.2, 0.25) is 5.02 Å². The summed E-state index contributed by atoms with van der Waals surface area (Å²) in [5.74, 6) is -2.58. The van der Waals surface area contributed by atoms with E-state index >= 15 is 0 Å². The van der Waals surface area contributed by atoms with Crippen LogP contribution in [0.5, 0.6) is 0 Å². The van der Waals surface area contributed by atoms with Crippen LogP contribution in [-0.4, -0.2) is 71.8 Å². The number of fused-ring (bicyclic) bond motifs is 1. The highest BCUT2D eigenvalue weighted by Crippen LogP contribution is 2.58. The van der Waals surface area contributed by atoms with Crippen LogP contribution in [-0.2, 0) is 23.9 Å². The van der Waals surface area contributed by atoms with E-state index in [2.05, 4.69) is 6.58 Å². The van der Waals surface area contributed by atoms with Crippen molar-refractivity contribution in [1.82, 2.24) is 4.90 Å². The Hall–Kier alpha value is -2.42. The Morgan fingerprint density at radius 3 is 2.76 bits per heavy atom. The zero-order valence-electron chi connectivity index (χ0n) is 18.6. The van der Waals surface area contributed by atoms with E-state index in [-0.39, 0.29) is 38.1 Å². The number of amides is 2. The fourth-order valence-electron chi connectivity index (χ4n) is 5.64. The molecule has 0 aliphatic carbocycles. The van der Waals surface area contributed by atoms with Crippen molar-refractivity contribution in [3.05, 3.63) is 41.9 Å². The first-order chi connectivity index (χ1) is 15.9. The topological polar surface area (TPSA) is 96.4 Å². The summed E-state index contributed by atoms with van der Waals surface area (Å²) in [6, 6.07) is 5.95. The first-order valence-electron chi connectivity index (χ1n) is 11.3. The highest BCUT2D eigenvalue weighted by Gasteiger charge is 2.75. The van der Waals surface area contributed by atoms with Crippen molar-refractivity contribution >= 4 is 35.1 Å². The summed E-state index contributed by atoms with van der Waals surface area (Å²) in [4.78, 5) is 43.5. The first-order valence-corrected chi connectivity index (χ1v) is 11.7. The van der Waals surface area contributed by atoms with Crippen LogP contribution in [0.4, 0.5) is 5.69 Å². The van der Waals surface area contributed by atoms with Gasteiger partial charge in [0, 0.05) is 30.4 Å². The van der Waals surface area contributed by atoms with Gasteiger partial charge in [0.25, 0.3) is 5.91 Å². The van der Waals surface area contributed by atoms with Crippen LogP contribution in [0, 0.1) is 11.8 Å². The molecule has 3 fully saturated rings. The molecule has 2 amide bonds. The lowest BCUT2D eigenvalue weighted by Gasteiger charge is -2.36. The summed E-state index contributed by atoms with van der Waals surface area (Å²) in [6.07, 6.45) is 2.56. The maximum absolute atomic E-state index is 14.1. The molecule has 33 heavy (non-hydrogen) atoms. The molecule has 1 aromatic carbocycles. The maximum Gasteiger partial charge on any atom is 0.312 e. The number of likely N-dealkylation sites (tertiary alicyclic amines) is 1. The van der Waals surface area contributed by atoms with Gasteiger partial charge in [-0.05, 0) is 50.5 Å². The standard InChI is InChI=1S/C24H29ClN2O6/c1-3-12-26(16-8-6-15(25)7-9-16)22(30)20-24-11-10-17(33-24)18(23(31)32-4-2)19(24)21(29)27(20)13-5-14-28/h3,6-9,17-20,28H,1,4-5,10-14H2,2H3/t17-,18+,19-,20?,24?/m0/s1. The Labute approximate surface area is 198 Å². The van der Waals surface area contributed by atoms with Crippen molar-refractivity contribution in [2.24, 2.45) is 11.8 Å². The van der Waals surface area contributed by atoms with Crippen LogP contribution >= 0.6 is 11.6 Å². The minimum absolute atomic E-state index is 0.124. The number of carbonyl (C=O) groups excluding carboxylic acids is 3. The number of aliphatic hydroxyl groups is 1. The molecular weight excluding hydrogens is 448 g/mol. The predicted octanol–water partition coefficient (Wildman–Crippen LogP) is 2.18. The minimum Gasteiger partial charge on any atom is -0.466 e. The summed E-state index contributed by atoms with van der Waals surface area (Å²) in [5, 5.41) is 9.95. The number of hydrogen-bond acceptors (Lipinski definition) is 6. The fraction of sp³-hybridized carbons (Fsp3) is 0.542. The Morgan fingerprint density at radius 1 is 1.39 bits per heavy atom. The van der Waals surface area contributed by atoms with Crippen molar-refractivity contribution in [1.29, 1.82) is 0 Å². The lowest BCUT2D eigenvalue weighted by Crippen LogP contribution is -2.56. The molecule has 5 atom stereocenters. The van der Waals surface area contributed by atoms with Crippen LogP contribution in [0.1, 0.15) is 26.2 Å². The van der Waals surface area contributed by atoms with E-state index in [1.165, 1.54) is 4.90 Å². The van der Waals surface area contributed by atoms with E-state index in [0.29, 0.717) is 30.0 Å². The third kappa shape index (κ3) is 3.84. The molecule has 9 heteroatoms. The second-order valence-electron chi connectivity index (χ2n) is 8.63. The summed E-state index contributed by atoms with van der Waals surface area (Å²) < 4.78 is 11.6. The second-order valence-corrected chi connectivity index (χ2v) is 9.07. The number of nitrogens with zero attached hydrogens (tertiary/aromatic N) is 2. The van der Waals surface area contributed by atoms with Gasteiger partial charge in [-0.15, -0.1) is 6.58 Å². The van der Waals surface area contributed by atoms with Crippen molar-refractivity contribution in [3.63, 3.8) is 0 Å². The van der Waals surface area contributed by atoms with Gasteiger partial charge in [-0.25, -0.2) is 0 Å². The van der Waals surface area contributed by atoms with Gasteiger partial charge in [0.05, 0.1) is 24.5 Å². The van der Waals surface area contributed by atoms with Crippen molar-refractivity contribution in [3.8, 4) is 0 Å². The molecule has 178 valence electrons. The Morgan fingerprint density at radius 2 is 2.12 bits per heavy atom. The van der Waals surface area contributed by atoms with Crippen molar-refractivity contribution in [2.45, 2.75) is 43.9 Å². The number of carbonyl (C=O) groups is 3. The molecule has 3 aliphatic rings. The fourth-order valence-corrected chi connectivity index (χ4v) is 5.77. The Balaban J connectivity index is 1.75. The largest absolute Gasteiger partial charge is 0.466 e. The highest BCUT2D eigenvalue weighted by molar-refractivity contribution is 6.30. The Kier molecular flexibility index (Phi) is 6.79. The molecule has 2 bridgehead atoms. The quantitative estimate of drug-likeness (QED) is 0.433. The molecule has 0 aromatic heterocycles. The van der Waals surface area contributed by atoms with Crippen LogP contribution in [0.15, 0.2) is 36.9 Å². The van der Waals surface area contributed by atoms with Crippen molar-refractivity contribution < 1.29 is 29.0 Å². The van der Waals surface area contributed by atoms with Gasteiger partial charge in [0.2, 0.25) is 5.91 Å². The molecule has 1 spiro atoms. The van der Waals surface area contributed by atoms with Crippen molar-refractivity contribution in [2.75, 3.05) is 31.2 Å². The van der Waals surface area contributed by atoms with E-state index < -0.39 is 35.6 Å². The lowest BCUT2D eigenvalue weighted by atomic mass is 9.70. The number of rotatable bonds is 9. The van der Waals surface area contributed by atoms with Gasteiger partial charge in [-0.2, -0.15) is 0 Å². The molecule has 3 aliphatic heterocycles. The third-order valence-corrected chi connectivity index (χ3v) is 7.12. The van der Waals surface area contributed by atoms with Crippen LogP contribution in [0.25, 0.3) is 0 Å². The molecular formula is C24H29ClN2O6. The molecule has 3 saturated heterocycles. The van der Waals surface area contributed by atoms with Gasteiger partial charge in [0.1, 0.15) is 11.6 Å². The molecule has 1 aromatic rings. The highest BCUT2D eigenvalue weighted by atomic mass is 35.5. The van der Waals surface area contributed by atoms with E-state index in [0.717, 1.165) is 0 Å². The number of ether oxygens (including phenoxy) is 2. The minimum atomic E-state index is -1.10. The molecule has 1 N–H and O–H groups in total. The summed E-state index contributed by atoms with van der Waals surface area (Å²) in [7, 11) is 0. The summed E-state index contributed by atoms with van der Waals surface area (Å²) >= 11 is 6.03. The maximum atomic E-state index is 14.1. The number of halogens is 1. The third-order valence-electron chi connectivity index (χ3n) is 6.87. The number of benzene rings is 1. The van der Waals surface area contributed by atoms with Gasteiger partial charge < -0.3 is 24.4 Å². The Bertz CT molecular complexity index is 937. The zero-order chi connectivity index (χ0) is 23.8. The number of anilines is 1.